The molecule has 2 aromatic heterocycles. The van der Waals surface area contributed by atoms with Crippen molar-refractivity contribution < 1.29 is 9.53 Å². The molecular weight excluding hydrogens is 440 g/mol. The lowest BCUT2D eigenvalue weighted by atomic mass is 10.0. The molecule has 4 N–H and O–H groups in total. The zero-order chi connectivity index (χ0) is 24.2. The second-order valence-corrected chi connectivity index (χ2v) is 7.82. The van der Waals surface area contributed by atoms with E-state index in [4.69, 9.17) is 10.5 Å². The minimum atomic E-state index is -0.361. The lowest BCUT2D eigenvalue weighted by Gasteiger charge is -2.11. The molecule has 173 valence electrons. The summed E-state index contributed by atoms with van der Waals surface area (Å²) < 4.78 is 7.55. The first kappa shape index (κ1) is 22.0. The fourth-order valence-electron chi connectivity index (χ4n) is 3.87. The number of nitrogen functional groups attached to an aromatic ring is 1. The van der Waals surface area contributed by atoms with Crippen molar-refractivity contribution in [1.29, 1.82) is 0 Å². The Labute approximate surface area is 202 Å². The molecule has 8 heteroatoms. The van der Waals surface area contributed by atoms with Crippen LogP contribution in [0.4, 0.5) is 22.0 Å². The number of anilines is 3. The molecule has 35 heavy (non-hydrogen) atoms. The molecule has 0 fully saturated rings. The van der Waals surface area contributed by atoms with Crippen molar-refractivity contribution in [2.75, 3.05) is 16.4 Å². The Balaban J connectivity index is 1.29. The number of carbonyl (C=O) groups excluding carboxylic acids is 1. The monoisotopic (exact) mass is 463 g/mol. The average Bonchev–Trinajstić information content (AvgIpc) is 3.25. The highest BCUT2D eigenvalue weighted by Crippen LogP contribution is 2.33. The summed E-state index contributed by atoms with van der Waals surface area (Å²) in [6.07, 6.45) is 3.91. The van der Waals surface area contributed by atoms with Crippen LogP contribution in [-0.4, -0.2) is 20.6 Å². The standard InChI is InChI=1S/C27H23N6O2/c1-2-18-16-33-25(26(28)29-17-30-33)24(18)19-11-13-20(14-12-19)31-27(34)32-21-7-6-10-23(15-21)35-22-8-4-3-5-9-22/h3-17H,1-2H2,(H2,28,29,30)(H2,31,32,34). The number of rotatable bonds is 6. The van der Waals surface area contributed by atoms with Crippen LogP contribution in [0.1, 0.15) is 5.56 Å². The summed E-state index contributed by atoms with van der Waals surface area (Å²) in [5.74, 6) is 1.75. The topological polar surface area (TPSA) is 107 Å². The molecule has 1 radical (unpaired) electrons. The van der Waals surface area contributed by atoms with Crippen LogP contribution in [0.15, 0.2) is 91.4 Å². The summed E-state index contributed by atoms with van der Waals surface area (Å²) >= 11 is 0. The molecule has 0 spiro atoms. The molecule has 5 rings (SSSR count). The zero-order valence-electron chi connectivity index (χ0n) is 18.8. The number of nitrogens with two attached hydrogens (primary N) is 1. The van der Waals surface area contributed by atoms with Crippen molar-refractivity contribution in [3.8, 4) is 22.6 Å². The van der Waals surface area contributed by atoms with Gasteiger partial charge in [0.1, 0.15) is 23.3 Å². The van der Waals surface area contributed by atoms with Crippen LogP contribution >= 0.6 is 0 Å². The molecule has 0 aliphatic carbocycles. The zero-order valence-corrected chi connectivity index (χ0v) is 18.8. The summed E-state index contributed by atoms with van der Waals surface area (Å²) in [6.45, 7) is 4.02. The van der Waals surface area contributed by atoms with Crippen molar-refractivity contribution in [2.45, 2.75) is 6.42 Å². The van der Waals surface area contributed by atoms with Crippen molar-refractivity contribution in [3.63, 3.8) is 0 Å². The summed E-state index contributed by atoms with van der Waals surface area (Å²) in [4.78, 5) is 16.7. The minimum absolute atomic E-state index is 0.361. The smallest absolute Gasteiger partial charge is 0.323 e. The van der Waals surface area contributed by atoms with Crippen molar-refractivity contribution in [3.05, 3.63) is 104 Å². The molecule has 0 aliphatic rings. The molecule has 0 bridgehead atoms. The van der Waals surface area contributed by atoms with E-state index in [1.54, 1.807) is 16.6 Å². The molecular formula is C27H23N6O2. The van der Waals surface area contributed by atoms with Crippen molar-refractivity contribution >= 4 is 28.7 Å². The van der Waals surface area contributed by atoms with Gasteiger partial charge in [-0.1, -0.05) is 36.4 Å². The fourth-order valence-corrected chi connectivity index (χ4v) is 3.87. The van der Waals surface area contributed by atoms with Gasteiger partial charge in [0.15, 0.2) is 5.82 Å². The van der Waals surface area contributed by atoms with E-state index in [1.165, 1.54) is 6.33 Å². The largest absolute Gasteiger partial charge is 0.457 e. The third-order valence-corrected chi connectivity index (χ3v) is 5.45. The van der Waals surface area contributed by atoms with Gasteiger partial charge in [-0.05, 0) is 60.9 Å². The quantitative estimate of drug-likeness (QED) is 0.295. The Hall–Kier alpha value is -4.85. The highest BCUT2D eigenvalue weighted by atomic mass is 16.5. The molecule has 0 saturated heterocycles. The predicted octanol–water partition coefficient (Wildman–Crippen LogP) is 5.79. The average molecular weight is 464 g/mol. The lowest BCUT2D eigenvalue weighted by Crippen LogP contribution is -2.19. The van der Waals surface area contributed by atoms with Crippen LogP contribution < -0.4 is 21.1 Å². The third kappa shape index (κ3) is 4.77. The number of hydrogen-bond donors (Lipinski definition) is 3. The number of ether oxygens (including phenoxy) is 1. The maximum atomic E-state index is 12.6. The molecule has 2 amide bonds. The first-order valence-electron chi connectivity index (χ1n) is 11.0. The van der Waals surface area contributed by atoms with E-state index >= 15 is 0 Å². The second-order valence-electron chi connectivity index (χ2n) is 7.82. The lowest BCUT2D eigenvalue weighted by molar-refractivity contribution is 0.262. The van der Waals surface area contributed by atoms with Crippen molar-refractivity contribution in [1.82, 2.24) is 14.6 Å². The molecule has 0 unspecified atom stereocenters. The van der Waals surface area contributed by atoms with Gasteiger partial charge in [-0.3, -0.25) is 0 Å². The maximum absolute atomic E-state index is 12.6. The molecule has 0 atom stereocenters. The summed E-state index contributed by atoms with van der Waals surface area (Å²) in [5, 5.41) is 9.93. The van der Waals surface area contributed by atoms with Gasteiger partial charge >= 0.3 is 6.03 Å². The van der Waals surface area contributed by atoms with Gasteiger partial charge in [0.05, 0.1) is 0 Å². The van der Waals surface area contributed by atoms with Gasteiger partial charge < -0.3 is 21.1 Å². The maximum Gasteiger partial charge on any atom is 0.323 e. The Bertz CT molecular complexity index is 1480. The Morgan fingerprint density at radius 1 is 0.943 bits per heavy atom. The van der Waals surface area contributed by atoms with E-state index in [1.807, 2.05) is 72.9 Å². The number of nitrogens with zero attached hydrogens (tertiary/aromatic N) is 3. The van der Waals surface area contributed by atoms with Crippen molar-refractivity contribution in [2.24, 2.45) is 0 Å². The van der Waals surface area contributed by atoms with Gasteiger partial charge in [0.25, 0.3) is 0 Å². The Kier molecular flexibility index (Phi) is 6.00. The molecule has 0 aliphatic heterocycles. The number of fused-ring (bicyclic) bond motifs is 1. The number of para-hydroxylation sites is 1. The number of aromatic nitrogens is 3. The summed E-state index contributed by atoms with van der Waals surface area (Å²) in [6, 6.07) is 23.8. The van der Waals surface area contributed by atoms with Crippen LogP contribution in [0.5, 0.6) is 11.5 Å². The SMILES string of the molecule is [CH2]Cc1cn2ncnc(N)c2c1-c1ccc(NC(=O)Nc2cccc(Oc3ccccc3)c2)cc1. The highest BCUT2D eigenvalue weighted by Gasteiger charge is 2.15. The second kappa shape index (κ2) is 9.56. The van der Waals surface area contributed by atoms with Gasteiger partial charge in [-0.15, -0.1) is 0 Å². The van der Waals surface area contributed by atoms with Crippen LogP contribution in [-0.2, 0) is 6.42 Å². The fraction of sp³-hybridized carbons (Fsp3) is 0.0370. The van der Waals surface area contributed by atoms with E-state index in [0.29, 0.717) is 29.4 Å². The first-order chi connectivity index (χ1) is 17.1. The van der Waals surface area contributed by atoms with Crippen LogP contribution in [0.25, 0.3) is 16.6 Å². The van der Waals surface area contributed by atoms with Gasteiger partial charge in [0.2, 0.25) is 0 Å². The summed E-state index contributed by atoms with van der Waals surface area (Å²) in [5.41, 5.74) is 11.0. The molecule has 0 saturated carbocycles. The number of amides is 2. The number of carbonyl (C=O) groups is 1. The number of nitrogens with one attached hydrogen (secondary N) is 2. The van der Waals surface area contributed by atoms with Gasteiger partial charge in [-0.25, -0.2) is 14.3 Å². The van der Waals surface area contributed by atoms with Crippen LogP contribution in [0, 0.1) is 6.92 Å². The first-order valence-corrected chi connectivity index (χ1v) is 11.0. The third-order valence-electron chi connectivity index (χ3n) is 5.45. The highest BCUT2D eigenvalue weighted by molar-refractivity contribution is 6.00. The molecule has 8 nitrogen and oxygen atoms in total. The predicted molar refractivity (Wildman–Crippen MR) is 137 cm³/mol. The number of hydrogen-bond acceptors (Lipinski definition) is 5. The molecule has 5 aromatic rings. The minimum Gasteiger partial charge on any atom is -0.457 e. The van der Waals surface area contributed by atoms with E-state index in [9.17, 15) is 4.79 Å². The van der Waals surface area contributed by atoms with Gasteiger partial charge in [0, 0.05) is 29.2 Å². The summed E-state index contributed by atoms with van der Waals surface area (Å²) in [7, 11) is 0. The van der Waals surface area contributed by atoms with E-state index in [2.05, 4.69) is 27.6 Å². The van der Waals surface area contributed by atoms with E-state index in [-0.39, 0.29) is 6.03 Å². The number of urea groups is 1. The molecule has 3 aromatic carbocycles. The van der Waals surface area contributed by atoms with E-state index in [0.717, 1.165) is 28.0 Å². The van der Waals surface area contributed by atoms with Gasteiger partial charge in [-0.2, -0.15) is 5.10 Å². The molecule has 2 heterocycles. The number of benzene rings is 3. The normalized spacial score (nSPS) is 10.8. The Morgan fingerprint density at radius 3 is 2.46 bits per heavy atom. The Morgan fingerprint density at radius 2 is 1.69 bits per heavy atom. The van der Waals surface area contributed by atoms with E-state index < -0.39 is 0 Å². The van der Waals surface area contributed by atoms with Crippen LogP contribution in [0.2, 0.25) is 0 Å². The van der Waals surface area contributed by atoms with Crippen LogP contribution in [0.3, 0.4) is 0 Å².